The fourth-order valence-electron chi connectivity index (χ4n) is 2.61. The van der Waals surface area contributed by atoms with Crippen LogP contribution in [0.2, 0.25) is 0 Å². The predicted octanol–water partition coefficient (Wildman–Crippen LogP) is 4.14. The van der Waals surface area contributed by atoms with E-state index in [0.717, 1.165) is 11.0 Å². The zero-order valence-electron chi connectivity index (χ0n) is 14.1. The molecule has 0 aliphatic rings. The first-order valence-corrected chi connectivity index (χ1v) is 7.81. The molecule has 0 unspecified atom stereocenters. The molecule has 8 heteroatoms. The lowest BCUT2D eigenvalue weighted by atomic mass is 10.1. The van der Waals surface area contributed by atoms with E-state index in [9.17, 15) is 23.2 Å². The SMILES string of the molecule is Cn1c(/C(C#N)=C/c2cccc(NC(=O)C(F)(F)F)c2)nc2ccccc21. The molecule has 1 heterocycles. The van der Waals surface area contributed by atoms with E-state index < -0.39 is 12.1 Å². The Bertz CT molecular complexity index is 1090. The van der Waals surface area contributed by atoms with Crippen molar-refractivity contribution >= 4 is 34.3 Å². The van der Waals surface area contributed by atoms with Gasteiger partial charge in [0, 0.05) is 12.7 Å². The number of benzene rings is 2. The Balaban J connectivity index is 1.97. The Hall–Kier alpha value is -3.60. The van der Waals surface area contributed by atoms with Gasteiger partial charge in [0.1, 0.15) is 6.07 Å². The molecule has 1 amide bonds. The summed E-state index contributed by atoms with van der Waals surface area (Å²) < 4.78 is 38.9. The smallest absolute Gasteiger partial charge is 0.327 e. The van der Waals surface area contributed by atoms with Crippen molar-refractivity contribution in [3.63, 3.8) is 0 Å². The van der Waals surface area contributed by atoms with Crippen LogP contribution >= 0.6 is 0 Å². The van der Waals surface area contributed by atoms with Crippen LogP contribution in [-0.2, 0) is 11.8 Å². The van der Waals surface area contributed by atoms with E-state index in [2.05, 4.69) is 11.1 Å². The highest BCUT2D eigenvalue weighted by Gasteiger charge is 2.38. The van der Waals surface area contributed by atoms with Crippen LogP contribution in [0.1, 0.15) is 11.4 Å². The molecule has 136 valence electrons. The maximum atomic E-state index is 12.4. The van der Waals surface area contributed by atoms with Crippen LogP contribution in [0.15, 0.2) is 48.5 Å². The lowest BCUT2D eigenvalue weighted by molar-refractivity contribution is -0.167. The van der Waals surface area contributed by atoms with Gasteiger partial charge in [-0.2, -0.15) is 18.4 Å². The summed E-state index contributed by atoms with van der Waals surface area (Å²) in [6.07, 6.45) is -3.47. The van der Waals surface area contributed by atoms with Gasteiger partial charge in [0.25, 0.3) is 0 Å². The summed E-state index contributed by atoms with van der Waals surface area (Å²) in [6, 6.07) is 15.2. The summed E-state index contributed by atoms with van der Waals surface area (Å²) in [6.45, 7) is 0. The quantitative estimate of drug-likeness (QED) is 0.705. The van der Waals surface area contributed by atoms with Crippen LogP contribution in [0.25, 0.3) is 22.7 Å². The van der Waals surface area contributed by atoms with Crippen LogP contribution in [0.5, 0.6) is 0 Å². The largest absolute Gasteiger partial charge is 0.471 e. The molecule has 1 N–H and O–H groups in total. The molecule has 0 aliphatic carbocycles. The van der Waals surface area contributed by atoms with Crippen LogP contribution in [0, 0.1) is 11.3 Å². The molecule has 0 saturated carbocycles. The maximum absolute atomic E-state index is 12.4. The van der Waals surface area contributed by atoms with E-state index in [1.807, 2.05) is 24.3 Å². The van der Waals surface area contributed by atoms with E-state index in [4.69, 9.17) is 0 Å². The third-order valence-electron chi connectivity index (χ3n) is 3.86. The Morgan fingerprint density at radius 2 is 1.96 bits per heavy atom. The molecule has 5 nitrogen and oxygen atoms in total. The van der Waals surface area contributed by atoms with Gasteiger partial charge >= 0.3 is 12.1 Å². The number of carbonyl (C=O) groups is 1. The number of alkyl halides is 3. The number of aryl methyl sites for hydroxylation is 1. The first-order chi connectivity index (χ1) is 12.8. The van der Waals surface area contributed by atoms with Crippen molar-refractivity contribution in [2.45, 2.75) is 6.18 Å². The second-order valence-corrected chi connectivity index (χ2v) is 5.73. The number of hydrogen-bond donors (Lipinski definition) is 1. The van der Waals surface area contributed by atoms with Gasteiger partial charge < -0.3 is 9.88 Å². The molecule has 0 atom stereocenters. The number of aromatic nitrogens is 2. The van der Waals surface area contributed by atoms with Gasteiger partial charge in [-0.3, -0.25) is 4.79 Å². The Labute approximate surface area is 152 Å². The number of para-hydroxylation sites is 2. The summed E-state index contributed by atoms with van der Waals surface area (Å²) in [7, 11) is 1.77. The minimum absolute atomic E-state index is 0.0200. The number of hydrogen-bond acceptors (Lipinski definition) is 3. The van der Waals surface area contributed by atoms with Gasteiger partial charge in [-0.1, -0.05) is 24.3 Å². The van der Waals surface area contributed by atoms with Gasteiger partial charge in [0.05, 0.1) is 16.6 Å². The summed E-state index contributed by atoms with van der Waals surface area (Å²) in [4.78, 5) is 15.5. The van der Waals surface area contributed by atoms with Crippen molar-refractivity contribution < 1.29 is 18.0 Å². The van der Waals surface area contributed by atoms with E-state index >= 15 is 0 Å². The highest BCUT2D eigenvalue weighted by Crippen LogP contribution is 2.24. The fraction of sp³-hybridized carbons (Fsp3) is 0.105. The van der Waals surface area contributed by atoms with E-state index in [1.54, 1.807) is 23.0 Å². The van der Waals surface area contributed by atoms with Crippen LogP contribution < -0.4 is 5.32 Å². The zero-order valence-corrected chi connectivity index (χ0v) is 14.1. The van der Waals surface area contributed by atoms with Gasteiger partial charge in [-0.05, 0) is 35.9 Å². The number of fused-ring (bicyclic) bond motifs is 1. The number of nitrogens with zero attached hydrogens (tertiary/aromatic N) is 3. The van der Waals surface area contributed by atoms with Crippen molar-refractivity contribution in [2.24, 2.45) is 7.05 Å². The Kier molecular flexibility index (Phi) is 4.69. The lowest BCUT2D eigenvalue weighted by Gasteiger charge is -2.08. The summed E-state index contributed by atoms with van der Waals surface area (Å²) >= 11 is 0. The topological polar surface area (TPSA) is 70.7 Å². The Morgan fingerprint density at radius 3 is 2.63 bits per heavy atom. The first kappa shape index (κ1) is 18.2. The van der Waals surface area contributed by atoms with E-state index in [0.29, 0.717) is 11.4 Å². The van der Waals surface area contributed by atoms with Gasteiger partial charge in [0.2, 0.25) is 0 Å². The molecule has 0 fully saturated rings. The van der Waals surface area contributed by atoms with Crippen molar-refractivity contribution in [2.75, 3.05) is 5.32 Å². The number of anilines is 1. The molecule has 0 radical (unpaired) electrons. The molecule has 0 bridgehead atoms. The molecule has 1 aromatic heterocycles. The number of halogens is 3. The fourth-order valence-corrected chi connectivity index (χ4v) is 2.61. The predicted molar refractivity (Wildman–Crippen MR) is 95.3 cm³/mol. The monoisotopic (exact) mass is 370 g/mol. The third-order valence-corrected chi connectivity index (χ3v) is 3.86. The average molecular weight is 370 g/mol. The number of nitrogens with one attached hydrogen (secondary N) is 1. The summed E-state index contributed by atoms with van der Waals surface area (Å²) in [5.74, 6) is -1.62. The van der Waals surface area contributed by atoms with Crippen LogP contribution in [0.3, 0.4) is 0 Å². The van der Waals surface area contributed by atoms with Crippen molar-refractivity contribution in [3.05, 3.63) is 59.9 Å². The lowest BCUT2D eigenvalue weighted by Crippen LogP contribution is -2.29. The highest BCUT2D eigenvalue weighted by molar-refractivity contribution is 5.96. The molecule has 3 aromatic rings. The van der Waals surface area contributed by atoms with Crippen molar-refractivity contribution in [1.82, 2.24) is 9.55 Å². The van der Waals surface area contributed by atoms with Gasteiger partial charge in [0.15, 0.2) is 5.82 Å². The number of carbonyl (C=O) groups excluding carboxylic acids is 1. The van der Waals surface area contributed by atoms with Gasteiger partial charge in [-0.15, -0.1) is 0 Å². The number of imidazole rings is 1. The number of rotatable bonds is 3. The normalized spacial score (nSPS) is 12.0. The highest BCUT2D eigenvalue weighted by atomic mass is 19.4. The minimum Gasteiger partial charge on any atom is -0.327 e. The number of amides is 1. The molecular formula is C19H13F3N4O. The van der Waals surface area contributed by atoms with Crippen LogP contribution in [0.4, 0.5) is 18.9 Å². The standard InChI is InChI=1S/C19H13F3N4O/c1-26-16-8-3-2-7-15(16)25-17(26)13(11-23)9-12-5-4-6-14(10-12)24-18(27)19(20,21)22/h2-10H,1H3,(H,24,27)/b13-9+. The number of nitriles is 1. The van der Waals surface area contributed by atoms with Gasteiger partial charge in [-0.25, -0.2) is 4.98 Å². The minimum atomic E-state index is -4.98. The van der Waals surface area contributed by atoms with E-state index in [-0.39, 0.29) is 11.3 Å². The second-order valence-electron chi connectivity index (χ2n) is 5.73. The molecule has 2 aromatic carbocycles. The molecule has 27 heavy (non-hydrogen) atoms. The molecule has 0 spiro atoms. The summed E-state index contributed by atoms with van der Waals surface area (Å²) in [5.41, 5.74) is 2.25. The van der Waals surface area contributed by atoms with E-state index in [1.165, 1.54) is 24.3 Å². The van der Waals surface area contributed by atoms with Crippen molar-refractivity contribution in [1.29, 1.82) is 5.26 Å². The van der Waals surface area contributed by atoms with Crippen LogP contribution in [-0.4, -0.2) is 21.6 Å². The number of allylic oxidation sites excluding steroid dienone is 1. The molecule has 3 rings (SSSR count). The maximum Gasteiger partial charge on any atom is 0.471 e. The average Bonchev–Trinajstić information content (AvgIpc) is 2.96. The molecule has 0 aliphatic heterocycles. The molecule has 0 saturated heterocycles. The summed E-state index contributed by atoms with van der Waals surface area (Å²) in [5, 5.41) is 11.3. The van der Waals surface area contributed by atoms with Crippen molar-refractivity contribution in [3.8, 4) is 6.07 Å². The zero-order chi connectivity index (χ0) is 19.6. The second kappa shape index (κ2) is 6.96. The third kappa shape index (κ3) is 3.82. The Morgan fingerprint density at radius 1 is 1.22 bits per heavy atom. The molecular weight excluding hydrogens is 357 g/mol. The first-order valence-electron chi connectivity index (χ1n) is 7.81.